The Labute approximate surface area is 431 Å². The van der Waals surface area contributed by atoms with Crippen molar-refractivity contribution in [2.24, 2.45) is 0 Å². The van der Waals surface area contributed by atoms with Crippen LogP contribution in [0.25, 0.3) is 22.4 Å². The van der Waals surface area contributed by atoms with Crippen LogP contribution in [0.5, 0.6) is 0 Å². The summed E-state index contributed by atoms with van der Waals surface area (Å²) in [6.45, 7) is 13.8. The van der Waals surface area contributed by atoms with Gasteiger partial charge in [0.1, 0.15) is 11.5 Å². The number of nitro benzene ring substituents is 1. The van der Waals surface area contributed by atoms with Gasteiger partial charge < -0.3 is 34.0 Å². The van der Waals surface area contributed by atoms with Crippen LogP contribution in [0.4, 0.5) is 32.8 Å². The van der Waals surface area contributed by atoms with Gasteiger partial charge in [0.2, 0.25) is 0 Å². The van der Waals surface area contributed by atoms with Gasteiger partial charge in [0.05, 0.1) is 40.6 Å². The minimum Gasteiger partial charge on any atom is -0.379 e. The molecule has 0 saturated carbocycles. The average molecular weight is 1060 g/mol. The maximum absolute atomic E-state index is 15.8. The monoisotopic (exact) mass is 1060 g/mol. The number of ether oxygens (including phenoxy) is 1. The van der Waals surface area contributed by atoms with Crippen molar-refractivity contribution in [1.82, 2.24) is 9.47 Å². The SMILES string of the molecule is CCOP(=O)(Nc1ccc(N2CCN(c3cc(F)cc(-c4c(S(C)(=O)=O)c(C)n(C(C)C)c4-c4ccc(Cl)cc4)c3)CC2)cc1)c1ccc(N[C@H](CCN2CCOCC2)CSc2ccccc2)c([N+](=O)[O-])c1. The summed E-state index contributed by atoms with van der Waals surface area (Å²) < 4.78 is 70.9. The van der Waals surface area contributed by atoms with Crippen LogP contribution >= 0.6 is 30.9 Å². The molecule has 19 heteroatoms. The van der Waals surface area contributed by atoms with Gasteiger partial charge in [-0.25, -0.2) is 12.8 Å². The molecule has 3 heterocycles. The number of rotatable bonds is 20. The largest absolute Gasteiger partial charge is 0.379 e. The number of benzene rings is 5. The molecule has 72 heavy (non-hydrogen) atoms. The predicted molar refractivity (Wildman–Crippen MR) is 291 cm³/mol. The number of nitro groups is 1. The first-order valence-electron chi connectivity index (χ1n) is 24.2. The van der Waals surface area contributed by atoms with Crippen LogP contribution < -0.4 is 25.5 Å². The molecule has 2 saturated heterocycles. The van der Waals surface area contributed by atoms with Crippen LogP contribution in [0.2, 0.25) is 5.02 Å². The van der Waals surface area contributed by atoms with Gasteiger partial charge in [-0.05, 0) is 124 Å². The zero-order chi connectivity index (χ0) is 51.2. The Morgan fingerprint density at radius 2 is 1.54 bits per heavy atom. The normalized spacial score (nSPS) is 15.9. The van der Waals surface area contributed by atoms with E-state index in [0.717, 1.165) is 42.2 Å². The zero-order valence-corrected chi connectivity index (χ0v) is 44.5. The molecule has 2 N–H and O–H groups in total. The third kappa shape index (κ3) is 12.5. The fourth-order valence-corrected chi connectivity index (χ4v) is 13.7. The van der Waals surface area contributed by atoms with Crippen molar-refractivity contribution in [2.75, 3.05) is 97.8 Å². The highest BCUT2D eigenvalue weighted by molar-refractivity contribution is 7.99. The molecular weight excluding hydrogens is 996 g/mol. The summed E-state index contributed by atoms with van der Waals surface area (Å²) in [6.07, 6.45) is 1.95. The molecule has 2 atom stereocenters. The van der Waals surface area contributed by atoms with Gasteiger partial charge in [-0.3, -0.25) is 19.6 Å². The minimum absolute atomic E-state index is 0.0972. The molecule has 1 unspecified atom stereocenters. The lowest BCUT2D eigenvalue weighted by molar-refractivity contribution is -0.383. The highest BCUT2D eigenvalue weighted by Gasteiger charge is 2.32. The Hall–Kier alpha value is -5.39. The maximum Gasteiger partial charge on any atom is 0.324 e. The van der Waals surface area contributed by atoms with Gasteiger partial charge in [0, 0.05) is 114 Å². The van der Waals surface area contributed by atoms with Gasteiger partial charge >= 0.3 is 7.52 Å². The third-order valence-electron chi connectivity index (χ3n) is 13.0. The summed E-state index contributed by atoms with van der Waals surface area (Å²) in [5.41, 5.74) is 5.16. The number of sulfone groups is 1. The molecule has 1 aromatic heterocycles. The Kier molecular flexibility index (Phi) is 17.1. The van der Waals surface area contributed by atoms with E-state index >= 15 is 4.39 Å². The number of piperazine rings is 1. The first-order chi connectivity index (χ1) is 34.5. The Bertz CT molecular complexity index is 3010. The Morgan fingerprint density at radius 3 is 2.17 bits per heavy atom. The number of thioether (sulfide) groups is 1. The van der Waals surface area contributed by atoms with E-state index < -0.39 is 28.1 Å². The van der Waals surface area contributed by atoms with E-state index in [1.165, 1.54) is 24.5 Å². The highest BCUT2D eigenvalue weighted by Crippen LogP contribution is 2.48. The summed E-state index contributed by atoms with van der Waals surface area (Å²) in [5.74, 6) is 0.205. The van der Waals surface area contributed by atoms with Gasteiger partial charge in [0.25, 0.3) is 5.69 Å². The van der Waals surface area contributed by atoms with Gasteiger partial charge in [0.15, 0.2) is 9.84 Å². The van der Waals surface area contributed by atoms with Gasteiger partial charge in [-0.2, -0.15) is 0 Å². The van der Waals surface area contributed by atoms with Crippen molar-refractivity contribution in [2.45, 2.75) is 56.0 Å². The highest BCUT2D eigenvalue weighted by atomic mass is 35.5. The van der Waals surface area contributed by atoms with Crippen molar-refractivity contribution < 1.29 is 31.6 Å². The Morgan fingerprint density at radius 1 is 0.875 bits per heavy atom. The van der Waals surface area contributed by atoms with Crippen LogP contribution in [-0.4, -0.2) is 106 Å². The summed E-state index contributed by atoms with van der Waals surface area (Å²) in [4.78, 5) is 20.1. The maximum atomic E-state index is 15.8. The summed E-state index contributed by atoms with van der Waals surface area (Å²) in [7, 11) is -7.61. The lowest BCUT2D eigenvalue weighted by Gasteiger charge is -2.37. The van der Waals surface area contributed by atoms with Crippen LogP contribution in [0, 0.1) is 22.9 Å². The summed E-state index contributed by atoms with van der Waals surface area (Å²) in [6, 6.07) is 33.9. The molecule has 2 aliphatic rings. The van der Waals surface area contributed by atoms with Gasteiger partial charge in [-0.15, -0.1) is 11.8 Å². The lowest BCUT2D eigenvalue weighted by Crippen LogP contribution is -2.46. The van der Waals surface area contributed by atoms with Crippen molar-refractivity contribution in [1.29, 1.82) is 0 Å². The lowest BCUT2D eigenvalue weighted by atomic mass is 9.99. The number of hydrogen-bond donors (Lipinski definition) is 2. The molecule has 8 rings (SSSR count). The van der Waals surface area contributed by atoms with Gasteiger partial charge in [-0.1, -0.05) is 41.9 Å². The molecule has 2 fully saturated rings. The van der Waals surface area contributed by atoms with E-state index in [1.807, 2.05) is 91.2 Å². The van der Waals surface area contributed by atoms with E-state index in [2.05, 4.69) is 25.1 Å². The standard InChI is InChI=1S/C53H62ClFN7O7PS2/c1-6-69-70(65,47-20-21-49(50(35-47)62(63)64)56-44(22-23-58-28-30-68-31-29-58)36-71-48-10-8-7-9-11-48)57-43-16-18-45(19-17-43)59-24-26-60(27-25-59)46-33-40(32-42(55)34-46)51-52(39-12-14-41(54)15-13-39)61(37(2)3)38(4)53(51)72(5,66)67/h7-21,32-35,37,44,56H,6,22-31,36H2,1-5H3,(H,57,65)/t44-,70?/m1/s1. The smallest absolute Gasteiger partial charge is 0.324 e. The molecular formula is C53H62ClFN7O7PS2. The number of nitrogens with zero attached hydrogens (tertiary/aromatic N) is 5. The molecule has 6 aromatic rings. The zero-order valence-electron chi connectivity index (χ0n) is 41.2. The van der Waals surface area contributed by atoms with Crippen LogP contribution in [0.3, 0.4) is 0 Å². The number of nitrogens with one attached hydrogen (secondary N) is 2. The second-order valence-corrected chi connectivity index (χ2v) is 23.9. The van der Waals surface area contributed by atoms with Crippen LogP contribution in [0.1, 0.15) is 38.9 Å². The number of halogens is 2. The Balaban J connectivity index is 0.971. The van der Waals surface area contributed by atoms with E-state index in [9.17, 15) is 23.1 Å². The molecule has 2 aliphatic heterocycles. The topological polar surface area (TPSA) is 152 Å². The van der Waals surface area contributed by atoms with Crippen molar-refractivity contribution >= 4 is 74.5 Å². The summed E-state index contributed by atoms with van der Waals surface area (Å²) >= 11 is 7.96. The van der Waals surface area contributed by atoms with E-state index in [4.69, 9.17) is 20.9 Å². The van der Waals surface area contributed by atoms with Crippen LogP contribution in [0.15, 0.2) is 125 Å². The van der Waals surface area contributed by atoms with Crippen LogP contribution in [-0.2, 0) is 23.7 Å². The van der Waals surface area contributed by atoms with Crippen molar-refractivity contribution in [3.8, 4) is 22.4 Å². The molecule has 0 radical (unpaired) electrons. The first kappa shape index (κ1) is 52.9. The van der Waals surface area contributed by atoms with Crippen molar-refractivity contribution in [3.05, 3.63) is 142 Å². The number of hydrogen-bond acceptors (Lipinski definition) is 12. The molecule has 0 amide bonds. The number of anilines is 4. The quantitative estimate of drug-likeness (QED) is 0.0323. The van der Waals surface area contributed by atoms with E-state index in [0.29, 0.717) is 89.7 Å². The molecule has 0 bridgehead atoms. The molecule has 14 nitrogen and oxygen atoms in total. The molecule has 0 spiro atoms. The summed E-state index contributed by atoms with van der Waals surface area (Å²) in [5, 5.41) is 19.9. The number of morpholine rings is 1. The fourth-order valence-electron chi connectivity index (χ4n) is 9.61. The van der Waals surface area contributed by atoms with Crippen molar-refractivity contribution in [3.63, 3.8) is 0 Å². The number of aromatic nitrogens is 1. The average Bonchev–Trinajstić information content (AvgIpc) is 3.69. The molecule has 0 aliphatic carbocycles. The third-order valence-corrected chi connectivity index (χ3v) is 17.8. The fraction of sp³-hybridized carbons (Fsp3) is 0.358. The molecule has 382 valence electrons. The van der Waals surface area contributed by atoms with E-state index in [-0.39, 0.29) is 34.6 Å². The first-order valence-corrected chi connectivity index (χ1v) is 29.1. The molecule has 5 aromatic carbocycles. The van der Waals surface area contributed by atoms with E-state index in [1.54, 1.807) is 49.9 Å². The minimum atomic E-state index is -3.86. The second kappa shape index (κ2) is 23.2. The predicted octanol–water partition coefficient (Wildman–Crippen LogP) is 11.4. The second-order valence-electron chi connectivity index (χ2n) is 18.3.